The average molecular weight is 762 g/mol. The highest BCUT2D eigenvalue weighted by Gasteiger charge is 2.32. The van der Waals surface area contributed by atoms with Crippen molar-refractivity contribution in [2.75, 3.05) is 61.9 Å². The van der Waals surface area contributed by atoms with Gasteiger partial charge in [-0.05, 0) is 100 Å². The van der Waals surface area contributed by atoms with Gasteiger partial charge in [0.15, 0.2) is 0 Å². The molecule has 1 aromatic heterocycles. The van der Waals surface area contributed by atoms with Crippen molar-refractivity contribution >= 4 is 40.5 Å². The fraction of sp³-hybridized carbons (Fsp3) is 0.444. The van der Waals surface area contributed by atoms with Crippen molar-refractivity contribution < 1.29 is 8.78 Å². The molecule has 2 unspecified atom stereocenters. The third-order valence-corrected chi connectivity index (χ3v) is 12.0. The van der Waals surface area contributed by atoms with Gasteiger partial charge in [-0.1, -0.05) is 32.6 Å². The zero-order chi connectivity index (χ0) is 39.5. The molecule has 296 valence electrons. The maximum absolute atomic E-state index is 14.0. The number of nitrogens with one attached hydrogen (secondary N) is 3. The number of aliphatic imine (C=N–C) groups is 1. The molecule has 3 aromatic rings. The first-order valence-electron chi connectivity index (χ1n) is 20.2. The molecule has 5 heterocycles. The van der Waals surface area contributed by atoms with Crippen LogP contribution in [0.1, 0.15) is 74.4 Å². The molecule has 2 saturated heterocycles. The fourth-order valence-corrected chi connectivity index (χ4v) is 8.89. The smallest absolute Gasteiger partial charge is 0.208 e. The largest absolute Gasteiger partial charge is 0.391 e. The Balaban J connectivity index is 1.06. The van der Waals surface area contributed by atoms with E-state index in [2.05, 4.69) is 75.6 Å². The summed E-state index contributed by atoms with van der Waals surface area (Å²) in [5.41, 5.74) is 10.1. The Hall–Kier alpha value is -5.03. The standard InChI is InChI=1S/C45H57F2N9/c1-29-10-7-8-12-41(49-5)40(24-48)43-20-35(18-30(2)50-43)31(3)51-45-52-42-14-13-33(19-44(42)56(45)25-29)26-53(6)38-11-9-16-54(28-38)32(4)34-15-17-55(27-34)39-22-36(46)21-37(47)23-39/h13-14,18-24,29,34,38,48-49H,3-4,7-12,15-17,25-28H2,1-2,5-6H3,(H,51,52)/b41-40+,48-24?/t29-,34?,38?/m1/s1. The lowest BCUT2D eigenvalue weighted by atomic mass is 9.98. The minimum absolute atomic E-state index is 0.258. The number of guanidine groups is 1. The van der Waals surface area contributed by atoms with Crippen molar-refractivity contribution in [3.05, 3.63) is 107 Å². The molecule has 0 spiro atoms. The van der Waals surface area contributed by atoms with Gasteiger partial charge < -0.3 is 30.7 Å². The van der Waals surface area contributed by atoms with E-state index in [1.54, 1.807) is 0 Å². The van der Waals surface area contributed by atoms with Gasteiger partial charge in [-0.25, -0.2) is 13.8 Å². The molecule has 56 heavy (non-hydrogen) atoms. The van der Waals surface area contributed by atoms with E-state index < -0.39 is 11.6 Å². The zero-order valence-corrected chi connectivity index (χ0v) is 33.5. The summed E-state index contributed by atoms with van der Waals surface area (Å²) in [6.07, 6.45) is 8.59. The molecule has 0 aliphatic carbocycles. The molecule has 3 N–H and O–H groups in total. The van der Waals surface area contributed by atoms with Crippen LogP contribution < -0.4 is 20.4 Å². The molecule has 2 fully saturated rings. The van der Waals surface area contributed by atoms with Gasteiger partial charge in [0.25, 0.3) is 0 Å². The summed E-state index contributed by atoms with van der Waals surface area (Å²) >= 11 is 0. The molecule has 0 saturated carbocycles. The van der Waals surface area contributed by atoms with Crippen LogP contribution in [0.5, 0.6) is 0 Å². The second-order valence-corrected chi connectivity index (χ2v) is 16.2. The minimum atomic E-state index is -0.540. The molecule has 4 aliphatic heterocycles. The van der Waals surface area contributed by atoms with Crippen molar-refractivity contribution in [1.82, 2.24) is 20.1 Å². The van der Waals surface area contributed by atoms with E-state index in [-0.39, 0.29) is 5.92 Å². The second kappa shape index (κ2) is 17.0. The van der Waals surface area contributed by atoms with Crippen LogP contribution in [-0.4, -0.2) is 79.8 Å². The van der Waals surface area contributed by atoms with Gasteiger partial charge >= 0.3 is 0 Å². The van der Waals surface area contributed by atoms with E-state index in [9.17, 15) is 8.78 Å². The highest BCUT2D eigenvalue weighted by atomic mass is 19.1. The number of likely N-dealkylation sites (tertiary alicyclic amines) is 1. The number of aromatic nitrogens is 1. The van der Waals surface area contributed by atoms with Gasteiger partial charge in [0.2, 0.25) is 5.96 Å². The van der Waals surface area contributed by atoms with Crippen LogP contribution in [0.2, 0.25) is 0 Å². The van der Waals surface area contributed by atoms with Gasteiger partial charge in [-0.2, -0.15) is 0 Å². The summed E-state index contributed by atoms with van der Waals surface area (Å²) in [5, 5.41) is 15.2. The number of hydrogen-bond acceptors (Lipinski definition) is 9. The second-order valence-electron chi connectivity index (χ2n) is 16.2. The number of benzene rings is 2. The first kappa shape index (κ1) is 39.2. The quantitative estimate of drug-likeness (QED) is 0.198. The van der Waals surface area contributed by atoms with Gasteiger partial charge in [0.05, 0.1) is 22.8 Å². The monoisotopic (exact) mass is 761 g/mol. The number of aryl methyl sites for hydroxylation is 1. The van der Waals surface area contributed by atoms with E-state index >= 15 is 0 Å². The van der Waals surface area contributed by atoms with Crippen molar-refractivity contribution in [2.45, 2.75) is 71.4 Å². The third kappa shape index (κ3) is 8.68. The van der Waals surface area contributed by atoms with E-state index in [1.807, 2.05) is 26.1 Å². The normalized spacial score (nSPS) is 24.1. The third-order valence-electron chi connectivity index (χ3n) is 12.0. The van der Waals surface area contributed by atoms with Crippen molar-refractivity contribution in [1.29, 1.82) is 5.41 Å². The SMILES string of the molecule is C=C1/N=C2\Nc3ccc(CN(C)C4CCCN(C(=C)C5CCN(c6cc(F)cc(F)c6)C5)C4)cc3N2C[C@H](C)CCCC/C(NC)=C(/C=N)c2cc1cc(C)n2. The van der Waals surface area contributed by atoms with Crippen LogP contribution in [0.4, 0.5) is 25.8 Å². The number of likely N-dealkylation sites (N-methyl/N-ethyl adjacent to an activating group) is 1. The van der Waals surface area contributed by atoms with Crippen LogP contribution in [0.25, 0.3) is 11.3 Å². The zero-order valence-electron chi connectivity index (χ0n) is 33.5. The molecule has 0 radical (unpaired) electrons. The van der Waals surface area contributed by atoms with E-state index in [0.29, 0.717) is 23.3 Å². The Morgan fingerprint density at radius 2 is 1.82 bits per heavy atom. The number of anilines is 3. The predicted octanol–water partition coefficient (Wildman–Crippen LogP) is 8.65. The average Bonchev–Trinajstić information content (AvgIpc) is 3.80. The highest BCUT2D eigenvalue weighted by Crippen LogP contribution is 2.37. The number of nitrogens with zero attached hydrogens (tertiary/aromatic N) is 6. The lowest BCUT2D eigenvalue weighted by Gasteiger charge is -2.41. The first-order chi connectivity index (χ1) is 27.0. The molecular weight excluding hydrogens is 705 g/mol. The lowest BCUT2D eigenvalue weighted by Crippen LogP contribution is -2.46. The Labute approximate surface area is 331 Å². The molecule has 2 bridgehead atoms. The summed E-state index contributed by atoms with van der Waals surface area (Å²) < 4.78 is 27.9. The van der Waals surface area contributed by atoms with E-state index in [4.69, 9.17) is 15.4 Å². The van der Waals surface area contributed by atoms with Crippen LogP contribution in [-0.2, 0) is 6.54 Å². The molecule has 9 nitrogen and oxygen atoms in total. The van der Waals surface area contributed by atoms with E-state index in [0.717, 1.165) is 142 Å². The molecule has 3 atom stereocenters. The van der Waals surface area contributed by atoms with Gasteiger partial charge in [-0.3, -0.25) is 9.88 Å². The number of pyridine rings is 1. The minimum Gasteiger partial charge on any atom is -0.391 e. The predicted molar refractivity (Wildman–Crippen MR) is 227 cm³/mol. The fourth-order valence-electron chi connectivity index (χ4n) is 8.89. The Bertz CT molecular complexity index is 2020. The molecule has 2 aromatic carbocycles. The lowest BCUT2D eigenvalue weighted by molar-refractivity contribution is 0.127. The van der Waals surface area contributed by atoms with Crippen LogP contribution in [0.15, 0.2) is 78.1 Å². The van der Waals surface area contributed by atoms with Crippen molar-refractivity contribution in [3.63, 3.8) is 0 Å². The topological polar surface area (TPSA) is 86.1 Å². The molecule has 11 heteroatoms. The molecule has 4 aliphatic rings. The number of halogens is 2. The maximum Gasteiger partial charge on any atom is 0.208 e. The van der Waals surface area contributed by atoms with Crippen molar-refractivity contribution in [3.8, 4) is 0 Å². The van der Waals surface area contributed by atoms with Gasteiger partial charge in [0.1, 0.15) is 11.6 Å². The van der Waals surface area contributed by atoms with Gasteiger partial charge in [0, 0.05) is 104 Å². The van der Waals surface area contributed by atoms with Crippen LogP contribution in [0, 0.1) is 35.8 Å². The molecule has 0 amide bonds. The Morgan fingerprint density at radius 3 is 2.59 bits per heavy atom. The van der Waals surface area contributed by atoms with Crippen LogP contribution >= 0.6 is 0 Å². The molecule has 7 rings (SSSR count). The maximum atomic E-state index is 14.0. The first-order valence-corrected chi connectivity index (χ1v) is 20.2. The number of allylic oxidation sites excluding steroid dienone is 2. The van der Waals surface area contributed by atoms with E-state index in [1.165, 1.54) is 23.9 Å². The molecular formula is C45H57F2N9. The summed E-state index contributed by atoms with van der Waals surface area (Å²) in [4.78, 5) is 19.3. The van der Waals surface area contributed by atoms with Crippen LogP contribution in [0.3, 0.4) is 0 Å². The van der Waals surface area contributed by atoms with Gasteiger partial charge in [-0.15, -0.1) is 0 Å². The number of fused-ring (bicyclic) bond motifs is 5. The summed E-state index contributed by atoms with van der Waals surface area (Å²) in [5.74, 6) is 0.383. The number of rotatable bonds is 8. The number of piperidine rings is 1. The summed E-state index contributed by atoms with van der Waals surface area (Å²) in [6, 6.07) is 14.9. The number of hydrogen-bond donors (Lipinski definition) is 3. The summed E-state index contributed by atoms with van der Waals surface area (Å²) in [7, 11) is 4.15. The highest BCUT2D eigenvalue weighted by molar-refractivity contribution is 6.16. The summed E-state index contributed by atoms with van der Waals surface area (Å²) in [6.45, 7) is 18.3. The Kier molecular flexibility index (Phi) is 11.9. The van der Waals surface area contributed by atoms with Crippen molar-refractivity contribution in [2.24, 2.45) is 16.8 Å². The Morgan fingerprint density at radius 1 is 1.02 bits per heavy atom.